The van der Waals surface area contributed by atoms with E-state index in [4.69, 9.17) is 22.7 Å². The Balaban J connectivity index is 5.30. The minimum atomic E-state index is -0.846. The zero-order valence-electron chi connectivity index (χ0n) is 13.6. The molecule has 1 amide bonds. The van der Waals surface area contributed by atoms with Crippen molar-refractivity contribution in [2.45, 2.75) is 53.4 Å². The summed E-state index contributed by atoms with van der Waals surface area (Å²) in [5, 5.41) is 0. The molecule has 0 fully saturated rings. The van der Waals surface area contributed by atoms with Crippen LogP contribution in [0.1, 0.15) is 53.4 Å². The van der Waals surface area contributed by atoms with E-state index < -0.39 is 11.4 Å². The van der Waals surface area contributed by atoms with Crippen LogP contribution >= 0.6 is 12.2 Å². The topological polar surface area (TPSA) is 72.6 Å². The molecule has 0 radical (unpaired) electrons. The molecule has 0 aliphatic rings. The number of carbonyl (C=O) groups excluding carboxylic acids is 2. The van der Waals surface area contributed by atoms with Crippen LogP contribution < -0.4 is 5.73 Å². The van der Waals surface area contributed by atoms with Crippen LogP contribution in [-0.2, 0) is 14.3 Å². The van der Waals surface area contributed by atoms with E-state index in [-0.39, 0.29) is 17.4 Å². The highest BCUT2D eigenvalue weighted by atomic mass is 32.1. The van der Waals surface area contributed by atoms with Gasteiger partial charge in [0, 0.05) is 6.54 Å². The van der Waals surface area contributed by atoms with Crippen molar-refractivity contribution in [3.05, 3.63) is 0 Å². The van der Waals surface area contributed by atoms with Crippen molar-refractivity contribution < 1.29 is 14.3 Å². The number of nitrogens with two attached hydrogens (primary N) is 1. The second-order valence-electron chi connectivity index (χ2n) is 5.07. The number of rotatable bonds is 10. The predicted octanol–water partition coefficient (Wildman–Crippen LogP) is 2.27. The van der Waals surface area contributed by atoms with Crippen molar-refractivity contribution >= 4 is 29.1 Å². The van der Waals surface area contributed by atoms with Crippen molar-refractivity contribution in [3.63, 3.8) is 0 Å². The fourth-order valence-corrected chi connectivity index (χ4v) is 2.83. The summed E-state index contributed by atoms with van der Waals surface area (Å²) in [6.07, 6.45) is 2.82. The summed E-state index contributed by atoms with van der Waals surface area (Å²) < 4.78 is 4.92. The first-order valence-electron chi connectivity index (χ1n) is 7.64. The molecule has 0 aromatic carbocycles. The van der Waals surface area contributed by atoms with E-state index in [1.807, 2.05) is 20.8 Å². The second-order valence-corrected chi connectivity index (χ2v) is 5.51. The van der Waals surface area contributed by atoms with Gasteiger partial charge < -0.3 is 15.4 Å². The lowest BCUT2D eigenvalue weighted by molar-refractivity contribution is -0.151. The predicted molar refractivity (Wildman–Crippen MR) is 87.9 cm³/mol. The summed E-state index contributed by atoms with van der Waals surface area (Å²) in [5.41, 5.74) is 5.05. The molecular weight excluding hydrogens is 288 g/mol. The van der Waals surface area contributed by atoms with Gasteiger partial charge in [0.25, 0.3) is 0 Å². The third kappa shape index (κ3) is 5.26. The number of likely N-dealkylation sites (N-methyl/N-ethyl adjacent to an activating group) is 1. The zero-order chi connectivity index (χ0) is 16.5. The Hall–Kier alpha value is -1.17. The molecule has 0 atom stereocenters. The standard InChI is InChI=1S/C15H28N2O3S/c1-5-9-15(10-6-2,13(16)21)14(19)17(7-3)11-12(18)20-8-4/h5-11H2,1-4H3,(H2,16,21). The number of hydrogen-bond acceptors (Lipinski definition) is 4. The summed E-state index contributed by atoms with van der Waals surface area (Å²) >= 11 is 5.18. The molecule has 0 unspecified atom stereocenters. The molecule has 0 saturated carbocycles. The molecule has 21 heavy (non-hydrogen) atoms. The molecule has 0 spiro atoms. The molecule has 2 N–H and O–H groups in total. The van der Waals surface area contributed by atoms with Gasteiger partial charge in [-0.15, -0.1) is 0 Å². The van der Waals surface area contributed by atoms with Crippen molar-refractivity contribution in [1.29, 1.82) is 0 Å². The number of hydrogen-bond donors (Lipinski definition) is 1. The Labute approximate surface area is 133 Å². The van der Waals surface area contributed by atoms with E-state index in [9.17, 15) is 9.59 Å². The van der Waals surface area contributed by atoms with E-state index in [1.54, 1.807) is 6.92 Å². The van der Waals surface area contributed by atoms with Crippen LogP contribution in [0.25, 0.3) is 0 Å². The Morgan fingerprint density at radius 1 is 1.14 bits per heavy atom. The first-order valence-corrected chi connectivity index (χ1v) is 8.05. The normalized spacial score (nSPS) is 11.0. The average molecular weight is 316 g/mol. The Bertz CT molecular complexity index is 366. The van der Waals surface area contributed by atoms with Crippen LogP contribution in [0.2, 0.25) is 0 Å². The second kappa shape index (κ2) is 9.71. The van der Waals surface area contributed by atoms with Crippen molar-refractivity contribution in [2.75, 3.05) is 19.7 Å². The number of carbonyl (C=O) groups is 2. The summed E-state index contributed by atoms with van der Waals surface area (Å²) in [7, 11) is 0. The molecule has 6 heteroatoms. The van der Waals surface area contributed by atoms with E-state index in [1.165, 1.54) is 4.90 Å². The Kier molecular flexibility index (Phi) is 9.17. The van der Waals surface area contributed by atoms with Gasteiger partial charge >= 0.3 is 5.97 Å². The minimum absolute atomic E-state index is 0.0546. The third-order valence-electron chi connectivity index (χ3n) is 3.53. The van der Waals surface area contributed by atoms with Crippen molar-refractivity contribution in [1.82, 2.24) is 4.90 Å². The highest BCUT2D eigenvalue weighted by molar-refractivity contribution is 7.80. The molecule has 0 heterocycles. The molecule has 0 aromatic rings. The lowest BCUT2D eigenvalue weighted by Crippen LogP contribution is -2.52. The van der Waals surface area contributed by atoms with E-state index in [2.05, 4.69) is 0 Å². The lowest BCUT2D eigenvalue weighted by atomic mass is 9.77. The van der Waals surface area contributed by atoms with Crippen molar-refractivity contribution in [2.24, 2.45) is 11.1 Å². The summed E-state index contributed by atoms with van der Waals surface area (Å²) in [5.74, 6) is -0.563. The molecule has 0 aromatic heterocycles. The first-order chi connectivity index (χ1) is 9.89. The van der Waals surface area contributed by atoms with E-state index >= 15 is 0 Å². The zero-order valence-corrected chi connectivity index (χ0v) is 14.4. The highest BCUT2D eigenvalue weighted by Gasteiger charge is 2.42. The number of esters is 1. The number of thiocarbonyl (C=S) groups is 1. The molecule has 0 bridgehead atoms. The average Bonchev–Trinajstić information content (AvgIpc) is 2.43. The van der Waals surface area contributed by atoms with Crippen LogP contribution in [0.15, 0.2) is 0 Å². The van der Waals surface area contributed by atoms with Gasteiger partial charge in [-0.05, 0) is 26.7 Å². The van der Waals surface area contributed by atoms with Gasteiger partial charge in [-0.2, -0.15) is 0 Å². The number of nitrogens with zero attached hydrogens (tertiary/aromatic N) is 1. The quantitative estimate of drug-likeness (QED) is 0.494. The van der Waals surface area contributed by atoms with E-state index in [0.29, 0.717) is 26.0 Å². The molecule has 0 aliphatic carbocycles. The maximum Gasteiger partial charge on any atom is 0.325 e. The summed E-state index contributed by atoms with van der Waals surface area (Å²) in [6, 6.07) is 0. The van der Waals surface area contributed by atoms with Gasteiger partial charge in [0.05, 0.1) is 17.0 Å². The highest BCUT2D eigenvalue weighted by Crippen LogP contribution is 2.33. The summed E-state index contributed by atoms with van der Waals surface area (Å²) in [6.45, 7) is 8.24. The smallest absolute Gasteiger partial charge is 0.325 e. The van der Waals surface area contributed by atoms with Crippen LogP contribution in [0.3, 0.4) is 0 Å². The SMILES string of the molecule is CCCC(CCC)(C(=O)N(CC)CC(=O)OCC)C(N)=S. The maximum atomic E-state index is 12.9. The molecular formula is C15H28N2O3S. The van der Waals surface area contributed by atoms with E-state index in [0.717, 1.165) is 12.8 Å². The summed E-state index contributed by atoms with van der Waals surface area (Å²) in [4.78, 5) is 26.3. The van der Waals surface area contributed by atoms with Gasteiger partial charge in [0.2, 0.25) is 5.91 Å². The van der Waals surface area contributed by atoms with Crippen molar-refractivity contribution in [3.8, 4) is 0 Å². The minimum Gasteiger partial charge on any atom is -0.465 e. The molecule has 122 valence electrons. The van der Waals surface area contributed by atoms with Gasteiger partial charge in [0.1, 0.15) is 6.54 Å². The lowest BCUT2D eigenvalue weighted by Gasteiger charge is -2.35. The first kappa shape index (κ1) is 19.8. The van der Waals surface area contributed by atoms with Crippen LogP contribution in [0.5, 0.6) is 0 Å². The number of ether oxygens (including phenoxy) is 1. The molecule has 0 aliphatic heterocycles. The van der Waals surface area contributed by atoms with Gasteiger partial charge in [-0.1, -0.05) is 38.9 Å². The molecule has 0 rings (SSSR count). The van der Waals surface area contributed by atoms with Crippen LogP contribution in [0, 0.1) is 5.41 Å². The monoisotopic (exact) mass is 316 g/mol. The fourth-order valence-electron chi connectivity index (χ4n) is 2.54. The van der Waals surface area contributed by atoms with Crippen LogP contribution in [0.4, 0.5) is 0 Å². The molecule has 5 nitrogen and oxygen atoms in total. The fraction of sp³-hybridized carbons (Fsp3) is 0.800. The van der Waals surface area contributed by atoms with Gasteiger partial charge in [-0.25, -0.2) is 0 Å². The largest absolute Gasteiger partial charge is 0.465 e. The number of amides is 1. The van der Waals surface area contributed by atoms with Gasteiger partial charge in [-0.3, -0.25) is 9.59 Å². The third-order valence-corrected chi connectivity index (χ3v) is 3.92. The molecule has 0 saturated heterocycles. The maximum absolute atomic E-state index is 12.9. The van der Waals surface area contributed by atoms with Gasteiger partial charge in [0.15, 0.2) is 0 Å². The Morgan fingerprint density at radius 2 is 1.67 bits per heavy atom. The van der Waals surface area contributed by atoms with Crippen LogP contribution in [-0.4, -0.2) is 41.5 Å². The Morgan fingerprint density at radius 3 is 2.00 bits per heavy atom.